The minimum Gasteiger partial charge on any atom is -0.226 e. The first kappa shape index (κ1) is 16.0. The van der Waals surface area contributed by atoms with E-state index in [4.69, 9.17) is 0 Å². The monoisotopic (exact) mass is 326 g/mol. The van der Waals surface area contributed by atoms with Crippen molar-refractivity contribution in [1.82, 2.24) is 20.2 Å². The molecule has 0 saturated heterocycles. The minimum atomic E-state index is -3.13. The Kier molecular flexibility index (Phi) is 5.00. The molecular formula is C13H18N4O2S2. The van der Waals surface area contributed by atoms with Gasteiger partial charge < -0.3 is 0 Å². The SMILES string of the molecule is CC(C)n1nnnc1CSCc1ccc(S(C)(=O)=O)cc1. The molecule has 0 aliphatic rings. The van der Waals surface area contributed by atoms with E-state index in [9.17, 15) is 8.42 Å². The average Bonchev–Trinajstić information content (AvgIpc) is 2.87. The summed E-state index contributed by atoms with van der Waals surface area (Å²) < 4.78 is 24.6. The molecule has 6 nitrogen and oxygen atoms in total. The van der Waals surface area contributed by atoms with Crippen molar-refractivity contribution in [3.63, 3.8) is 0 Å². The lowest BCUT2D eigenvalue weighted by atomic mass is 10.2. The molecule has 0 amide bonds. The van der Waals surface area contributed by atoms with Crippen LogP contribution in [0.2, 0.25) is 0 Å². The third-order valence-corrected chi connectivity index (χ3v) is 5.03. The van der Waals surface area contributed by atoms with Crippen LogP contribution in [0.1, 0.15) is 31.3 Å². The summed E-state index contributed by atoms with van der Waals surface area (Å²) in [6.07, 6.45) is 1.21. The number of aromatic nitrogens is 4. The molecule has 114 valence electrons. The molecule has 0 fully saturated rings. The maximum Gasteiger partial charge on any atom is 0.175 e. The van der Waals surface area contributed by atoms with Crippen molar-refractivity contribution in [2.24, 2.45) is 0 Å². The Hall–Kier alpha value is -1.41. The summed E-state index contributed by atoms with van der Waals surface area (Å²) in [5.41, 5.74) is 1.08. The van der Waals surface area contributed by atoms with Gasteiger partial charge in [-0.15, -0.1) is 16.9 Å². The fourth-order valence-corrected chi connectivity index (χ4v) is 3.33. The normalized spacial score (nSPS) is 12.0. The first-order valence-corrected chi connectivity index (χ1v) is 9.56. The van der Waals surface area contributed by atoms with Crippen LogP contribution < -0.4 is 0 Å². The second-order valence-corrected chi connectivity index (χ2v) is 8.04. The predicted molar refractivity (Wildman–Crippen MR) is 82.8 cm³/mol. The van der Waals surface area contributed by atoms with Crippen LogP contribution in [0.15, 0.2) is 29.2 Å². The van der Waals surface area contributed by atoms with E-state index >= 15 is 0 Å². The molecule has 0 N–H and O–H groups in total. The summed E-state index contributed by atoms with van der Waals surface area (Å²) in [4.78, 5) is 0.347. The van der Waals surface area contributed by atoms with Crippen molar-refractivity contribution in [1.29, 1.82) is 0 Å². The molecule has 0 saturated carbocycles. The van der Waals surface area contributed by atoms with Crippen molar-refractivity contribution in [3.8, 4) is 0 Å². The maximum absolute atomic E-state index is 11.4. The van der Waals surface area contributed by atoms with E-state index in [1.807, 2.05) is 26.0 Å². The zero-order chi connectivity index (χ0) is 15.5. The second kappa shape index (κ2) is 6.57. The number of tetrazole rings is 1. The lowest BCUT2D eigenvalue weighted by Crippen LogP contribution is -2.07. The number of thioether (sulfide) groups is 1. The van der Waals surface area contributed by atoms with Crippen LogP contribution in [0.5, 0.6) is 0 Å². The van der Waals surface area contributed by atoms with Gasteiger partial charge in [-0.1, -0.05) is 12.1 Å². The van der Waals surface area contributed by atoms with E-state index in [0.717, 1.165) is 22.9 Å². The van der Waals surface area contributed by atoms with Crippen LogP contribution in [-0.2, 0) is 21.3 Å². The molecule has 0 bridgehead atoms. The smallest absolute Gasteiger partial charge is 0.175 e. The number of hydrogen-bond acceptors (Lipinski definition) is 6. The highest BCUT2D eigenvalue weighted by atomic mass is 32.2. The van der Waals surface area contributed by atoms with Gasteiger partial charge in [0.2, 0.25) is 0 Å². The van der Waals surface area contributed by atoms with Crippen LogP contribution in [-0.4, -0.2) is 34.9 Å². The van der Waals surface area contributed by atoms with Gasteiger partial charge in [0.15, 0.2) is 15.7 Å². The Morgan fingerprint density at radius 1 is 1.19 bits per heavy atom. The number of hydrogen-bond donors (Lipinski definition) is 0. The van der Waals surface area contributed by atoms with Crippen molar-refractivity contribution in [3.05, 3.63) is 35.7 Å². The van der Waals surface area contributed by atoms with E-state index in [1.165, 1.54) is 6.26 Å². The summed E-state index contributed by atoms with van der Waals surface area (Å²) in [5, 5.41) is 11.7. The van der Waals surface area contributed by atoms with Crippen molar-refractivity contribution < 1.29 is 8.42 Å². The van der Waals surface area contributed by atoms with Crippen LogP contribution in [0, 0.1) is 0 Å². The third-order valence-electron chi connectivity index (χ3n) is 2.90. The summed E-state index contributed by atoms with van der Waals surface area (Å²) in [6.45, 7) is 4.07. The molecule has 2 aromatic rings. The molecule has 0 unspecified atom stereocenters. The molecule has 1 heterocycles. The van der Waals surface area contributed by atoms with Crippen molar-refractivity contribution in [2.75, 3.05) is 6.26 Å². The second-order valence-electron chi connectivity index (χ2n) is 5.04. The van der Waals surface area contributed by atoms with Crippen LogP contribution in [0.3, 0.4) is 0 Å². The minimum absolute atomic E-state index is 0.240. The molecular weight excluding hydrogens is 308 g/mol. The van der Waals surface area contributed by atoms with Crippen LogP contribution in [0.25, 0.3) is 0 Å². The molecule has 2 rings (SSSR count). The average molecular weight is 326 g/mol. The van der Waals surface area contributed by atoms with E-state index < -0.39 is 9.84 Å². The molecule has 21 heavy (non-hydrogen) atoms. The number of rotatable bonds is 6. The maximum atomic E-state index is 11.4. The summed E-state index contributed by atoms with van der Waals surface area (Å²) in [7, 11) is -3.13. The molecule has 1 aromatic heterocycles. The summed E-state index contributed by atoms with van der Waals surface area (Å²) >= 11 is 1.70. The zero-order valence-electron chi connectivity index (χ0n) is 12.2. The molecule has 0 aliphatic carbocycles. The van der Waals surface area contributed by atoms with E-state index in [-0.39, 0.29) is 6.04 Å². The van der Waals surface area contributed by atoms with Gasteiger partial charge >= 0.3 is 0 Å². The molecule has 0 radical (unpaired) electrons. The number of nitrogens with zero attached hydrogens (tertiary/aromatic N) is 4. The highest BCUT2D eigenvalue weighted by Crippen LogP contribution is 2.19. The summed E-state index contributed by atoms with van der Waals surface area (Å²) in [5.74, 6) is 2.36. The van der Waals surface area contributed by atoms with Crippen LogP contribution >= 0.6 is 11.8 Å². The highest BCUT2D eigenvalue weighted by molar-refractivity contribution is 7.97. The Balaban J connectivity index is 1.93. The first-order valence-electron chi connectivity index (χ1n) is 6.51. The van der Waals surface area contributed by atoms with Gasteiger partial charge in [0, 0.05) is 12.0 Å². The van der Waals surface area contributed by atoms with Crippen LogP contribution in [0.4, 0.5) is 0 Å². The lowest BCUT2D eigenvalue weighted by molar-refractivity contribution is 0.501. The number of sulfone groups is 1. The van der Waals surface area contributed by atoms with Gasteiger partial charge in [-0.25, -0.2) is 13.1 Å². The molecule has 0 spiro atoms. The molecule has 0 aliphatic heterocycles. The Bertz CT molecular complexity index is 693. The zero-order valence-corrected chi connectivity index (χ0v) is 13.9. The topological polar surface area (TPSA) is 77.7 Å². The predicted octanol–water partition coefficient (Wildman–Crippen LogP) is 2.09. The quantitative estimate of drug-likeness (QED) is 0.809. The Morgan fingerprint density at radius 2 is 1.86 bits per heavy atom. The van der Waals surface area contributed by atoms with Gasteiger partial charge in [0.1, 0.15) is 0 Å². The Labute approximate surface area is 128 Å². The summed E-state index contributed by atoms with van der Waals surface area (Å²) in [6, 6.07) is 7.21. The Morgan fingerprint density at radius 3 is 2.43 bits per heavy atom. The first-order chi connectivity index (χ1) is 9.88. The third kappa shape index (κ3) is 4.28. The van der Waals surface area contributed by atoms with Gasteiger partial charge in [-0.05, 0) is 42.0 Å². The van der Waals surface area contributed by atoms with Gasteiger partial charge in [0.25, 0.3) is 0 Å². The van der Waals surface area contributed by atoms with E-state index in [0.29, 0.717) is 4.90 Å². The molecule has 8 heteroatoms. The van der Waals surface area contributed by atoms with Crippen molar-refractivity contribution in [2.45, 2.75) is 36.3 Å². The highest BCUT2D eigenvalue weighted by Gasteiger charge is 2.09. The fraction of sp³-hybridized carbons (Fsp3) is 0.462. The van der Waals surface area contributed by atoms with E-state index in [2.05, 4.69) is 15.5 Å². The van der Waals surface area contributed by atoms with Gasteiger partial charge in [0.05, 0.1) is 16.7 Å². The van der Waals surface area contributed by atoms with Gasteiger partial charge in [-0.2, -0.15) is 0 Å². The van der Waals surface area contributed by atoms with Gasteiger partial charge in [-0.3, -0.25) is 0 Å². The molecule has 0 atom stereocenters. The largest absolute Gasteiger partial charge is 0.226 e. The standard InChI is InChI=1S/C13H18N4O2S2/c1-10(2)17-13(14-15-16-17)9-20-8-11-4-6-12(7-5-11)21(3,18)19/h4-7,10H,8-9H2,1-3H3. The van der Waals surface area contributed by atoms with E-state index in [1.54, 1.807) is 28.6 Å². The molecule has 1 aromatic carbocycles. The lowest BCUT2D eigenvalue weighted by Gasteiger charge is -2.07. The number of benzene rings is 1. The fourth-order valence-electron chi connectivity index (χ4n) is 1.80. The van der Waals surface area contributed by atoms with Crippen molar-refractivity contribution >= 4 is 21.6 Å².